The van der Waals surface area contributed by atoms with Crippen LogP contribution in [0.1, 0.15) is 36.0 Å². The largest absolute Gasteiger partial charge is 0.493 e. The fourth-order valence-corrected chi connectivity index (χ4v) is 3.78. The second-order valence-corrected chi connectivity index (χ2v) is 7.84. The van der Waals surface area contributed by atoms with Crippen LogP contribution in [0.5, 0.6) is 5.75 Å². The average Bonchev–Trinajstić information content (AvgIpc) is 2.73. The number of hydrogen-bond donors (Lipinski definition) is 2. The molecule has 0 amide bonds. The van der Waals surface area contributed by atoms with Gasteiger partial charge in [0.25, 0.3) is 0 Å². The van der Waals surface area contributed by atoms with Gasteiger partial charge in [0.2, 0.25) is 0 Å². The molecule has 0 atom stereocenters. The van der Waals surface area contributed by atoms with Crippen molar-refractivity contribution in [1.29, 1.82) is 5.26 Å². The SMILES string of the molecule is Cc1cc2ncc(C#N)c3c2cc1OCCCCCNCc1cc(F)c(Cl)cc1N3. The topological polar surface area (TPSA) is 70.0 Å². The average molecular weight is 425 g/mol. The van der Waals surface area contributed by atoms with E-state index in [1.807, 2.05) is 19.1 Å². The number of nitrogens with zero attached hydrogens (tertiary/aromatic N) is 2. The normalized spacial score (nSPS) is 14.7. The minimum absolute atomic E-state index is 0.0240. The molecule has 0 saturated carbocycles. The van der Waals surface area contributed by atoms with Crippen molar-refractivity contribution in [3.63, 3.8) is 0 Å². The molecular formula is C23H22ClFN4O. The Morgan fingerprint density at radius 2 is 2.07 bits per heavy atom. The standard InChI is InChI=1S/C23H22ClFN4O/c1-14-7-21-17-9-22(14)30-6-4-2-3-5-27-12-15-8-19(25)18(24)10-20(15)29-23(17)16(11-26)13-28-21/h7-10,13,27,29H,2-6,12H2,1H3. The van der Waals surface area contributed by atoms with Crippen LogP contribution in [0.3, 0.4) is 0 Å². The number of fused-ring (bicyclic) bond motifs is 2. The van der Waals surface area contributed by atoms with Crippen LogP contribution in [0, 0.1) is 24.1 Å². The van der Waals surface area contributed by atoms with E-state index in [4.69, 9.17) is 16.3 Å². The highest BCUT2D eigenvalue weighted by Gasteiger charge is 2.16. The monoisotopic (exact) mass is 424 g/mol. The quantitative estimate of drug-likeness (QED) is 0.491. The van der Waals surface area contributed by atoms with Gasteiger partial charge in [0.15, 0.2) is 0 Å². The molecule has 5 nitrogen and oxygen atoms in total. The van der Waals surface area contributed by atoms with E-state index < -0.39 is 5.82 Å². The fraction of sp³-hybridized carbons (Fsp3) is 0.304. The summed E-state index contributed by atoms with van der Waals surface area (Å²) in [5.74, 6) is 0.302. The van der Waals surface area contributed by atoms with E-state index in [9.17, 15) is 9.65 Å². The number of benzene rings is 2. The molecule has 0 radical (unpaired) electrons. The highest BCUT2D eigenvalue weighted by Crippen LogP contribution is 2.35. The molecule has 1 aliphatic rings. The van der Waals surface area contributed by atoms with Crippen molar-refractivity contribution in [2.75, 3.05) is 18.5 Å². The molecule has 0 unspecified atom stereocenters. The molecule has 1 aliphatic heterocycles. The third kappa shape index (κ3) is 4.18. The predicted molar refractivity (Wildman–Crippen MR) is 117 cm³/mol. The second-order valence-electron chi connectivity index (χ2n) is 7.43. The first-order chi connectivity index (χ1) is 14.6. The van der Waals surface area contributed by atoms with Gasteiger partial charge >= 0.3 is 0 Å². The number of pyridine rings is 1. The molecule has 0 spiro atoms. The third-order valence-corrected chi connectivity index (χ3v) is 5.55. The zero-order valence-corrected chi connectivity index (χ0v) is 17.4. The molecular weight excluding hydrogens is 403 g/mol. The third-order valence-electron chi connectivity index (χ3n) is 5.26. The molecule has 2 bridgehead atoms. The Bertz CT molecular complexity index is 1140. The Morgan fingerprint density at radius 1 is 1.20 bits per heavy atom. The molecule has 0 fully saturated rings. The van der Waals surface area contributed by atoms with Gasteiger partial charge in [-0.25, -0.2) is 4.39 Å². The Hall–Kier alpha value is -2.88. The summed E-state index contributed by atoms with van der Waals surface area (Å²) in [6.45, 7) is 3.92. The Morgan fingerprint density at radius 3 is 2.90 bits per heavy atom. The number of aryl methyl sites for hydroxylation is 1. The van der Waals surface area contributed by atoms with Crippen LogP contribution < -0.4 is 15.4 Å². The zero-order valence-electron chi connectivity index (χ0n) is 16.7. The highest BCUT2D eigenvalue weighted by molar-refractivity contribution is 6.31. The van der Waals surface area contributed by atoms with E-state index in [1.54, 1.807) is 12.3 Å². The first-order valence-corrected chi connectivity index (χ1v) is 10.4. The maximum atomic E-state index is 14.2. The summed E-state index contributed by atoms with van der Waals surface area (Å²) >= 11 is 6.07. The van der Waals surface area contributed by atoms with E-state index in [1.165, 1.54) is 6.07 Å². The number of nitriles is 1. The molecule has 2 aromatic carbocycles. The van der Waals surface area contributed by atoms with Gasteiger partial charge in [-0.1, -0.05) is 11.6 Å². The predicted octanol–water partition coefficient (Wildman–Crippen LogP) is 5.60. The number of anilines is 2. The number of halogens is 2. The van der Waals surface area contributed by atoms with E-state index in [-0.39, 0.29) is 5.02 Å². The smallest absolute Gasteiger partial charge is 0.142 e. The number of aromatic nitrogens is 1. The minimum atomic E-state index is -0.469. The van der Waals surface area contributed by atoms with E-state index >= 15 is 0 Å². The van der Waals surface area contributed by atoms with Gasteiger partial charge in [-0.3, -0.25) is 4.98 Å². The molecule has 2 heterocycles. The lowest BCUT2D eigenvalue weighted by molar-refractivity contribution is 0.303. The molecule has 3 aromatic rings. The maximum Gasteiger partial charge on any atom is 0.142 e. The lowest BCUT2D eigenvalue weighted by atomic mass is 10.1. The summed E-state index contributed by atoms with van der Waals surface area (Å²) in [4.78, 5) is 4.44. The number of ether oxygens (including phenoxy) is 1. The summed E-state index contributed by atoms with van der Waals surface area (Å²) in [6, 6.07) is 9.06. The summed E-state index contributed by atoms with van der Waals surface area (Å²) in [7, 11) is 0. The van der Waals surface area contributed by atoms with Crippen molar-refractivity contribution in [3.8, 4) is 11.8 Å². The van der Waals surface area contributed by atoms with Gasteiger partial charge in [-0.2, -0.15) is 5.26 Å². The van der Waals surface area contributed by atoms with Crippen LogP contribution in [0.25, 0.3) is 10.9 Å². The van der Waals surface area contributed by atoms with E-state index in [0.29, 0.717) is 30.1 Å². The van der Waals surface area contributed by atoms with Crippen molar-refractivity contribution < 1.29 is 9.13 Å². The van der Waals surface area contributed by atoms with Gasteiger partial charge in [0.1, 0.15) is 17.6 Å². The van der Waals surface area contributed by atoms with Gasteiger partial charge in [0, 0.05) is 23.8 Å². The van der Waals surface area contributed by atoms with Crippen LogP contribution in [0.4, 0.5) is 15.8 Å². The lowest BCUT2D eigenvalue weighted by Crippen LogP contribution is -2.16. The summed E-state index contributed by atoms with van der Waals surface area (Å²) < 4.78 is 20.2. The van der Waals surface area contributed by atoms with E-state index in [0.717, 1.165) is 53.6 Å². The molecule has 154 valence electrons. The lowest BCUT2D eigenvalue weighted by Gasteiger charge is -2.17. The maximum absolute atomic E-state index is 14.2. The Balaban J connectivity index is 1.90. The van der Waals surface area contributed by atoms with Gasteiger partial charge in [-0.15, -0.1) is 0 Å². The van der Waals surface area contributed by atoms with Crippen molar-refractivity contribution in [2.24, 2.45) is 0 Å². The first kappa shape index (κ1) is 20.4. The number of nitrogens with one attached hydrogen (secondary N) is 2. The molecule has 4 rings (SSSR count). The summed E-state index contributed by atoms with van der Waals surface area (Å²) in [5, 5.41) is 17.2. The molecule has 2 N–H and O–H groups in total. The van der Waals surface area contributed by atoms with Crippen LogP contribution in [0.2, 0.25) is 5.02 Å². The van der Waals surface area contributed by atoms with Crippen molar-refractivity contribution >= 4 is 33.9 Å². The zero-order chi connectivity index (χ0) is 21.1. The summed E-state index contributed by atoms with van der Waals surface area (Å²) in [5.41, 5.74) is 4.12. The van der Waals surface area contributed by atoms with Crippen molar-refractivity contribution in [1.82, 2.24) is 10.3 Å². The van der Waals surface area contributed by atoms with Gasteiger partial charge in [-0.05, 0) is 68.1 Å². The fourth-order valence-electron chi connectivity index (χ4n) is 3.62. The summed E-state index contributed by atoms with van der Waals surface area (Å²) in [6.07, 6.45) is 4.53. The van der Waals surface area contributed by atoms with Crippen LogP contribution in [0.15, 0.2) is 30.5 Å². The minimum Gasteiger partial charge on any atom is -0.493 e. The van der Waals surface area contributed by atoms with Crippen LogP contribution >= 0.6 is 11.6 Å². The first-order valence-electron chi connectivity index (χ1n) is 9.98. The van der Waals surface area contributed by atoms with Gasteiger partial charge < -0.3 is 15.4 Å². The molecule has 30 heavy (non-hydrogen) atoms. The molecule has 0 aliphatic carbocycles. The second kappa shape index (κ2) is 8.86. The van der Waals surface area contributed by atoms with Gasteiger partial charge in [0.05, 0.1) is 28.4 Å². The van der Waals surface area contributed by atoms with Crippen molar-refractivity contribution in [2.45, 2.75) is 32.7 Å². The van der Waals surface area contributed by atoms with Crippen LogP contribution in [-0.4, -0.2) is 18.1 Å². The Labute approximate surface area is 179 Å². The Kier molecular flexibility index (Phi) is 6.03. The molecule has 7 heteroatoms. The van der Waals surface area contributed by atoms with Crippen molar-refractivity contribution in [3.05, 3.63) is 58.0 Å². The highest BCUT2D eigenvalue weighted by atomic mass is 35.5. The number of hydrogen-bond acceptors (Lipinski definition) is 5. The molecule has 0 saturated heterocycles. The van der Waals surface area contributed by atoms with Crippen LogP contribution in [-0.2, 0) is 6.54 Å². The van der Waals surface area contributed by atoms with E-state index in [2.05, 4.69) is 21.7 Å². The number of rotatable bonds is 0. The molecule has 1 aromatic heterocycles.